The van der Waals surface area contributed by atoms with Crippen LogP contribution in [0.1, 0.15) is 6.42 Å². The molecule has 1 aromatic heterocycles. The number of carbonyl (C=O) groups excluding carboxylic acids is 1. The number of nitrogens with one attached hydrogen (secondary N) is 1. The fraction of sp³-hybridized carbons (Fsp3) is 0.214. The summed E-state index contributed by atoms with van der Waals surface area (Å²) in [4.78, 5) is 22.2. The number of hydrogen-bond donors (Lipinski definition) is 1. The Balaban J connectivity index is 1.75. The highest BCUT2D eigenvalue weighted by atomic mass is 35.5. The van der Waals surface area contributed by atoms with E-state index < -0.39 is 0 Å². The minimum Gasteiger partial charge on any atom is -0.357 e. The summed E-state index contributed by atoms with van der Waals surface area (Å²) < 4.78 is 0. The van der Waals surface area contributed by atoms with Crippen LogP contribution in [0.3, 0.4) is 0 Å². The second-order valence-electron chi connectivity index (χ2n) is 4.68. The molecule has 5 nitrogen and oxygen atoms in total. The number of aromatic nitrogens is 2. The maximum atomic E-state index is 12.4. The van der Waals surface area contributed by atoms with Gasteiger partial charge in [0.05, 0.1) is 12.4 Å². The zero-order valence-electron chi connectivity index (χ0n) is 11.0. The first-order valence-corrected chi connectivity index (χ1v) is 7.20. The average Bonchev–Trinajstić information content (AvgIpc) is 2.80. The van der Waals surface area contributed by atoms with Crippen LogP contribution in [0, 0.1) is 0 Å². The summed E-state index contributed by atoms with van der Waals surface area (Å²) in [5.41, 5.74) is 0.800. The molecule has 2 aromatic rings. The molecular formula is C14H12Cl2N4O. The van der Waals surface area contributed by atoms with Gasteiger partial charge in [0, 0.05) is 17.3 Å². The van der Waals surface area contributed by atoms with Crippen LogP contribution < -0.4 is 10.2 Å². The molecule has 1 aromatic carbocycles. The molecule has 1 N–H and O–H groups in total. The summed E-state index contributed by atoms with van der Waals surface area (Å²) >= 11 is 11.8. The smallest absolute Gasteiger partial charge is 0.249 e. The number of halogens is 2. The second-order valence-corrected chi connectivity index (χ2v) is 5.51. The van der Waals surface area contributed by atoms with Crippen molar-refractivity contribution in [1.82, 2.24) is 9.97 Å². The highest BCUT2D eigenvalue weighted by Crippen LogP contribution is 2.25. The Hall–Kier alpha value is -1.85. The summed E-state index contributed by atoms with van der Waals surface area (Å²) in [5.74, 6) is 0.479. The highest BCUT2D eigenvalue weighted by molar-refractivity contribution is 6.31. The van der Waals surface area contributed by atoms with Crippen LogP contribution in [-0.2, 0) is 4.79 Å². The van der Waals surface area contributed by atoms with Gasteiger partial charge in [-0.1, -0.05) is 29.3 Å². The first-order chi connectivity index (χ1) is 10.1. The van der Waals surface area contributed by atoms with E-state index in [1.807, 2.05) is 12.1 Å². The van der Waals surface area contributed by atoms with Crippen molar-refractivity contribution in [2.75, 3.05) is 16.8 Å². The van der Waals surface area contributed by atoms with E-state index in [0.29, 0.717) is 23.8 Å². The lowest BCUT2D eigenvalue weighted by atomic mass is 10.2. The molecular weight excluding hydrogens is 311 g/mol. The molecule has 1 saturated heterocycles. The van der Waals surface area contributed by atoms with Crippen LogP contribution in [0.15, 0.2) is 36.7 Å². The largest absolute Gasteiger partial charge is 0.357 e. The van der Waals surface area contributed by atoms with Crippen LogP contribution in [0.25, 0.3) is 0 Å². The maximum absolute atomic E-state index is 12.4. The summed E-state index contributed by atoms with van der Waals surface area (Å²) in [7, 11) is 0. The second kappa shape index (κ2) is 5.87. The van der Waals surface area contributed by atoms with E-state index in [0.717, 1.165) is 5.69 Å². The number of carbonyl (C=O) groups is 1. The number of nitrogens with zero attached hydrogens (tertiary/aromatic N) is 3. The van der Waals surface area contributed by atoms with Crippen molar-refractivity contribution < 1.29 is 4.79 Å². The van der Waals surface area contributed by atoms with E-state index in [9.17, 15) is 4.79 Å². The van der Waals surface area contributed by atoms with E-state index in [4.69, 9.17) is 23.2 Å². The topological polar surface area (TPSA) is 58.1 Å². The van der Waals surface area contributed by atoms with Crippen molar-refractivity contribution in [3.05, 3.63) is 46.8 Å². The molecule has 0 saturated carbocycles. The third-order valence-corrected chi connectivity index (χ3v) is 3.67. The summed E-state index contributed by atoms with van der Waals surface area (Å²) in [5, 5.41) is 3.96. The molecule has 1 aliphatic heterocycles. The standard InChI is InChI=1S/C14H12Cl2N4O/c15-9-2-1-3-10(6-9)20-5-4-11(14(20)21)18-13-8-17-7-12(16)19-13/h1-3,6-8,11H,4-5H2,(H,18,19). The normalized spacial score (nSPS) is 18.1. The van der Waals surface area contributed by atoms with Gasteiger partial charge in [0.2, 0.25) is 5.91 Å². The number of rotatable bonds is 3. The Bertz CT molecular complexity index is 680. The lowest BCUT2D eigenvalue weighted by Gasteiger charge is -2.17. The van der Waals surface area contributed by atoms with Gasteiger partial charge in [-0.05, 0) is 24.6 Å². The maximum Gasteiger partial charge on any atom is 0.249 e. The predicted molar refractivity (Wildman–Crippen MR) is 82.9 cm³/mol. The lowest BCUT2D eigenvalue weighted by molar-refractivity contribution is -0.117. The monoisotopic (exact) mass is 322 g/mol. The van der Waals surface area contributed by atoms with Gasteiger partial charge in [0.25, 0.3) is 0 Å². The Morgan fingerprint density at radius 2 is 2.14 bits per heavy atom. The molecule has 21 heavy (non-hydrogen) atoms. The van der Waals surface area contributed by atoms with Gasteiger partial charge in [0.15, 0.2) is 0 Å². The van der Waals surface area contributed by atoms with E-state index in [1.54, 1.807) is 23.2 Å². The Morgan fingerprint density at radius 1 is 1.29 bits per heavy atom. The quantitative estimate of drug-likeness (QED) is 0.943. The minimum absolute atomic E-state index is 0.0148. The molecule has 1 atom stereocenters. The van der Waals surface area contributed by atoms with Crippen molar-refractivity contribution >= 4 is 40.6 Å². The van der Waals surface area contributed by atoms with Crippen molar-refractivity contribution in [3.8, 4) is 0 Å². The lowest BCUT2D eigenvalue weighted by Crippen LogP contribution is -2.33. The molecule has 0 spiro atoms. The Kier molecular flexibility index (Phi) is 3.94. The SMILES string of the molecule is O=C1C(Nc2cncc(Cl)n2)CCN1c1cccc(Cl)c1. The van der Waals surface area contributed by atoms with Gasteiger partial charge >= 0.3 is 0 Å². The number of anilines is 2. The Morgan fingerprint density at radius 3 is 2.90 bits per heavy atom. The molecule has 7 heteroatoms. The van der Waals surface area contributed by atoms with Crippen LogP contribution >= 0.6 is 23.2 Å². The Labute approximate surface area is 131 Å². The van der Waals surface area contributed by atoms with Crippen LogP contribution in [0.5, 0.6) is 0 Å². The average molecular weight is 323 g/mol. The number of hydrogen-bond acceptors (Lipinski definition) is 4. The van der Waals surface area contributed by atoms with Crippen molar-refractivity contribution in [2.24, 2.45) is 0 Å². The zero-order chi connectivity index (χ0) is 14.8. The van der Waals surface area contributed by atoms with Gasteiger partial charge in [0.1, 0.15) is 17.0 Å². The third kappa shape index (κ3) is 3.09. The van der Waals surface area contributed by atoms with E-state index in [-0.39, 0.29) is 17.1 Å². The minimum atomic E-state index is -0.336. The molecule has 0 radical (unpaired) electrons. The molecule has 3 rings (SSSR count). The van der Waals surface area contributed by atoms with Crippen LogP contribution in [-0.4, -0.2) is 28.5 Å². The van der Waals surface area contributed by atoms with Gasteiger partial charge in [-0.25, -0.2) is 4.98 Å². The van der Waals surface area contributed by atoms with Gasteiger partial charge in [-0.2, -0.15) is 0 Å². The zero-order valence-corrected chi connectivity index (χ0v) is 12.5. The molecule has 0 bridgehead atoms. The fourth-order valence-corrected chi connectivity index (χ4v) is 2.64. The molecule has 1 aliphatic rings. The number of benzene rings is 1. The molecule has 0 aliphatic carbocycles. The van der Waals surface area contributed by atoms with E-state index in [1.165, 1.54) is 6.20 Å². The molecule has 2 heterocycles. The van der Waals surface area contributed by atoms with E-state index >= 15 is 0 Å². The van der Waals surface area contributed by atoms with Gasteiger partial charge in [-0.15, -0.1) is 0 Å². The highest BCUT2D eigenvalue weighted by Gasteiger charge is 2.32. The summed E-state index contributed by atoms with van der Waals surface area (Å²) in [6.45, 7) is 0.630. The predicted octanol–water partition coefficient (Wildman–Crippen LogP) is 3.00. The molecule has 1 unspecified atom stereocenters. The fourth-order valence-electron chi connectivity index (χ4n) is 2.30. The summed E-state index contributed by atoms with van der Waals surface area (Å²) in [6.07, 6.45) is 3.67. The van der Waals surface area contributed by atoms with Crippen molar-refractivity contribution in [2.45, 2.75) is 12.5 Å². The number of amides is 1. The molecule has 108 valence electrons. The van der Waals surface area contributed by atoms with Crippen LogP contribution in [0.2, 0.25) is 10.2 Å². The van der Waals surface area contributed by atoms with E-state index in [2.05, 4.69) is 15.3 Å². The van der Waals surface area contributed by atoms with Crippen molar-refractivity contribution in [1.29, 1.82) is 0 Å². The molecule has 1 fully saturated rings. The van der Waals surface area contributed by atoms with Crippen molar-refractivity contribution in [3.63, 3.8) is 0 Å². The van der Waals surface area contributed by atoms with Gasteiger partial charge in [-0.3, -0.25) is 9.78 Å². The first-order valence-electron chi connectivity index (χ1n) is 6.44. The third-order valence-electron chi connectivity index (χ3n) is 3.25. The molecule has 1 amide bonds. The summed E-state index contributed by atoms with van der Waals surface area (Å²) in [6, 6.07) is 6.92. The van der Waals surface area contributed by atoms with Crippen LogP contribution in [0.4, 0.5) is 11.5 Å². The van der Waals surface area contributed by atoms with Gasteiger partial charge < -0.3 is 10.2 Å². The first kappa shape index (κ1) is 14.1.